The Bertz CT molecular complexity index is 1300. The molecule has 2 heterocycles. The lowest BCUT2D eigenvalue weighted by Gasteiger charge is -2.02. The van der Waals surface area contributed by atoms with E-state index in [1.165, 1.54) is 11.3 Å². The maximum Gasteiger partial charge on any atom is 0.306 e. The van der Waals surface area contributed by atoms with Gasteiger partial charge in [0.25, 0.3) is 5.56 Å². The van der Waals surface area contributed by atoms with Gasteiger partial charge in [0, 0.05) is 0 Å². The minimum Gasteiger partial charge on any atom is -0.383 e. The summed E-state index contributed by atoms with van der Waals surface area (Å²) < 4.78 is 29.2. The van der Waals surface area contributed by atoms with Crippen molar-refractivity contribution >= 4 is 43.5 Å². The molecular formula is C17H12N2O4S2. The van der Waals surface area contributed by atoms with Gasteiger partial charge in [-0.05, 0) is 35.9 Å². The first-order chi connectivity index (χ1) is 11.9. The minimum absolute atomic E-state index is 0.120. The summed E-state index contributed by atoms with van der Waals surface area (Å²) in [6.45, 7) is 0. The third-order valence-corrected chi connectivity index (χ3v) is 5.03. The molecular weight excluding hydrogens is 360 g/mol. The first kappa shape index (κ1) is 15.8. The van der Waals surface area contributed by atoms with Gasteiger partial charge in [0.2, 0.25) is 0 Å². The molecule has 0 bridgehead atoms. The smallest absolute Gasteiger partial charge is 0.306 e. The van der Waals surface area contributed by atoms with Crippen molar-refractivity contribution in [2.45, 2.75) is 0 Å². The van der Waals surface area contributed by atoms with Gasteiger partial charge < -0.3 is 4.18 Å². The third-order valence-electron chi connectivity index (χ3n) is 3.57. The molecule has 126 valence electrons. The van der Waals surface area contributed by atoms with Crippen molar-refractivity contribution in [3.05, 3.63) is 69.0 Å². The van der Waals surface area contributed by atoms with Gasteiger partial charge in [-0.2, -0.15) is 8.42 Å². The maximum atomic E-state index is 12.7. The molecule has 25 heavy (non-hydrogen) atoms. The summed E-state index contributed by atoms with van der Waals surface area (Å²) >= 11 is 1.32. The van der Waals surface area contributed by atoms with Crippen molar-refractivity contribution in [1.29, 1.82) is 0 Å². The van der Waals surface area contributed by atoms with E-state index in [0.717, 1.165) is 22.9 Å². The number of aromatic nitrogens is 2. The molecule has 6 nitrogen and oxygen atoms in total. The molecule has 0 saturated carbocycles. The fourth-order valence-electron chi connectivity index (χ4n) is 2.56. The quantitative estimate of drug-likeness (QED) is 0.513. The van der Waals surface area contributed by atoms with E-state index >= 15 is 0 Å². The Hall–Kier alpha value is -2.71. The van der Waals surface area contributed by atoms with Crippen molar-refractivity contribution in [2.75, 3.05) is 6.26 Å². The first-order valence-electron chi connectivity index (χ1n) is 7.32. The topological polar surface area (TPSA) is 77.7 Å². The molecule has 4 rings (SSSR count). The second-order valence-electron chi connectivity index (χ2n) is 5.49. The highest BCUT2D eigenvalue weighted by Crippen LogP contribution is 2.17. The Balaban J connectivity index is 1.79. The Kier molecular flexibility index (Phi) is 3.59. The van der Waals surface area contributed by atoms with E-state index in [9.17, 15) is 13.2 Å². The van der Waals surface area contributed by atoms with E-state index in [-0.39, 0.29) is 11.3 Å². The number of fused-ring (bicyclic) bond motifs is 3. The van der Waals surface area contributed by atoms with E-state index in [1.807, 2.05) is 24.3 Å². The third kappa shape index (κ3) is 3.01. The summed E-state index contributed by atoms with van der Waals surface area (Å²) in [6.07, 6.45) is 2.74. The van der Waals surface area contributed by atoms with Crippen molar-refractivity contribution < 1.29 is 12.6 Å². The highest BCUT2D eigenvalue weighted by Gasteiger charge is 2.10. The number of nitrogens with zero attached hydrogens (tertiary/aromatic N) is 2. The number of hydrogen-bond acceptors (Lipinski definition) is 6. The van der Waals surface area contributed by atoms with Crippen LogP contribution in [0.5, 0.6) is 5.75 Å². The number of imidazole rings is 1. The average Bonchev–Trinajstić information content (AvgIpc) is 3.05. The Morgan fingerprint density at radius 2 is 1.84 bits per heavy atom. The van der Waals surface area contributed by atoms with Gasteiger partial charge in [-0.1, -0.05) is 35.6 Å². The standard InChI is InChI=1S/C17H12N2O4S2/c1-25(21,22)23-12-8-6-11(7-9-12)10-15-16(20)19-14-5-3-2-4-13(14)18-17(19)24-15/h2-10H,1H3/b15-10-. The van der Waals surface area contributed by atoms with Gasteiger partial charge >= 0.3 is 10.1 Å². The summed E-state index contributed by atoms with van der Waals surface area (Å²) in [7, 11) is -3.56. The monoisotopic (exact) mass is 372 g/mol. The maximum absolute atomic E-state index is 12.7. The SMILES string of the molecule is CS(=O)(=O)Oc1ccc(/C=c2\sc3nc4ccccc4n3c2=O)cc1. The van der Waals surface area contributed by atoms with Crippen LogP contribution in [0, 0.1) is 0 Å². The lowest BCUT2D eigenvalue weighted by Crippen LogP contribution is -2.22. The van der Waals surface area contributed by atoms with Crippen LogP contribution in [0.2, 0.25) is 0 Å². The largest absolute Gasteiger partial charge is 0.383 e. The molecule has 0 radical (unpaired) electrons. The van der Waals surface area contributed by atoms with E-state index in [1.54, 1.807) is 34.7 Å². The van der Waals surface area contributed by atoms with Crippen molar-refractivity contribution in [3.8, 4) is 5.75 Å². The van der Waals surface area contributed by atoms with Gasteiger partial charge in [0.1, 0.15) is 5.75 Å². The zero-order valence-electron chi connectivity index (χ0n) is 13.0. The lowest BCUT2D eigenvalue weighted by atomic mass is 10.2. The molecule has 0 fully saturated rings. The number of benzene rings is 2. The van der Waals surface area contributed by atoms with E-state index in [0.29, 0.717) is 9.49 Å². The van der Waals surface area contributed by atoms with E-state index in [2.05, 4.69) is 4.98 Å². The fraction of sp³-hybridized carbons (Fsp3) is 0.0588. The highest BCUT2D eigenvalue weighted by molar-refractivity contribution is 7.86. The molecule has 0 aliphatic rings. The van der Waals surface area contributed by atoms with Crippen LogP contribution in [-0.4, -0.2) is 24.1 Å². The molecule has 8 heteroatoms. The van der Waals surface area contributed by atoms with Crippen molar-refractivity contribution in [2.24, 2.45) is 0 Å². The Morgan fingerprint density at radius 1 is 1.12 bits per heavy atom. The summed E-state index contributed by atoms with van der Waals surface area (Å²) in [5.74, 6) is 0.231. The van der Waals surface area contributed by atoms with Crippen molar-refractivity contribution in [3.63, 3.8) is 0 Å². The van der Waals surface area contributed by atoms with Gasteiger partial charge in [-0.3, -0.25) is 4.79 Å². The number of para-hydroxylation sites is 2. The fourth-order valence-corrected chi connectivity index (χ4v) is 4.01. The zero-order valence-corrected chi connectivity index (χ0v) is 14.7. The molecule has 0 atom stereocenters. The van der Waals surface area contributed by atoms with Gasteiger partial charge in [-0.15, -0.1) is 0 Å². The number of rotatable bonds is 3. The Morgan fingerprint density at radius 3 is 2.56 bits per heavy atom. The summed E-state index contributed by atoms with van der Waals surface area (Å²) in [6, 6.07) is 14.0. The molecule has 2 aromatic carbocycles. The molecule has 0 spiro atoms. The van der Waals surface area contributed by atoms with Crippen LogP contribution in [0.4, 0.5) is 0 Å². The van der Waals surface area contributed by atoms with Crippen LogP contribution < -0.4 is 14.3 Å². The summed E-state index contributed by atoms with van der Waals surface area (Å²) in [5, 5.41) is 0. The second-order valence-corrected chi connectivity index (χ2v) is 8.07. The Labute approximate surface area is 146 Å². The van der Waals surface area contributed by atoms with Crippen LogP contribution in [0.3, 0.4) is 0 Å². The lowest BCUT2D eigenvalue weighted by molar-refractivity contribution is 0.493. The van der Waals surface area contributed by atoms with Crippen LogP contribution in [0.1, 0.15) is 5.56 Å². The normalized spacial score (nSPS) is 12.9. The molecule has 0 saturated heterocycles. The number of hydrogen-bond donors (Lipinski definition) is 0. The van der Waals surface area contributed by atoms with E-state index in [4.69, 9.17) is 4.18 Å². The van der Waals surface area contributed by atoms with Crippen LogP contribution >= 0.6 is 11.3 Å². The van der Waals surface area contributed by atoms with Crippen LogP contribution in [0.15, 0.2) is 53.3 Å². The second kappa shape index (κ2) is 5.68. The highest BCUT2D eigenvalue weighted by atomic mass is 32.2. The molecule has 0 N–H and O–H groups in total. The molecule has 0 aliphatic carbocycles. The van der Waals surface area contributed by atoms with Gasteiger partial charge in [0.05, 0.1) is 21.8 Å². The predicted molar refractivity (Wildman–Crippen MR) is 97.5 cm³/mol. The number of thiazole rings is 1. The molecule has 0 amide bonds. The van der Waals surface area contributed by atoms with Gasteiger partial charge in [0.15, 0.2) is 4.96 Å². The average molecular weight is 372 g/mol. The van der Waals surface area contributed by atoms with Crippen LogP contribution in [0.25, 0.3) is 22.1 Å². The summed E-state index contributed by atoms with van der Waals surface area (Å²) in [5.41, 5.74) is 2.23. The molecule has 0 unspecified atom stereocenters. The predicted octanol–water partition coefficient (Wildman–Crippen LogP) is 1.80. The van der Waals surface area contributed by atoms with Crippen molar-refractivity contribution in [1.82, 2.24) is 9.38 Å². The van der Waals surface area contributed by atoms with Crippen LogP contribution in [-0.2, 0) is 10.1 Å². The first-order valence-corrected chi connectivity index (χ1v) is 9.95. The van der Waals surface area contributed by atoms with E-state index < -0.39 is 10.1 Å². The summed E-state index contributed by atoms with van der Waals surface area (Å²) in [4.78, 5) is 17.8. The minimum atomic E-state index is -3.56. The molecule has 0 aliphatic heterocycles. The zero-order chi connectivity index (χ0) is 17.6. The molecule has 4 aromatic rings. The van der Waals surface area contributed by atoms with Gasteiger partial charge in [-0.25, -0.2) is 9.38 Å². The molecule has 2 aromatic heterocycles.